The normalized spacial score (nSPS) is 25.2. The zero-order chi connectivity index (χ0) is 28.9. The number of hydrogen-bond acceptors (Lipinski definition) is 6. The zero-order valence-corrected chi connectivity index (χ0v) is 24.1. The molecule has 0 radical (unpaired) electrons. The van der Waals surface area contributed by atoms with Crippen LogP contribution in [-0.4, -0.2) is 69.4 Å². The summed E-state index contributed by atoms with van der Waals surface area (Å²) in [4.78, 5) is 29.4. The zero-order valence-electron chi connectivity index (χ0n) is 22.6. The Balaban J connectivity index is 1.55. The van der Waals surface area contributed by atoms with Crippen molar-refractivity contribution in [1.29, 1.82) is 5.26 Å². The van der Waals surface area contributed by atoms with Gasteiger partial charge in [-0.15, -0.1) is 0 Å². The molecule has 0 bridgehead atoms. The quantitative estimate of drug-likeness (QED) is 0.202. The fourth-order valence-corrected chi connectivity index (χ4v) is 5.02. The lowest BCUT2D eigenvalue weighted by molar-refractivity contribution is -0.133. The van der Waals surface area contributed by atoms with Crippen LogP contribution in [0.4, 0.5) is 4.79 Å². The first kappa shape index (κ1) is 30.5. The van der Waals surface area contributed by atoms with Crippen LogP contribution in [0.5, 0.6) is 0 Å². The Bertz CT molecular complexity index is 1240. The van der Waals surface area contributed by atoms with Gasteiger partial charge >= 0.3 is 6.03 Å². The molecule has 1 aliphatic carbocycles. The number of hydrogen-bond donors (Lipinski definition) is 1. The van der Waals surface area contributed by atoms with Crippen molar-refractivity contribution in [3.63, 3.8) is 0 Å². The summed E-state index contributed by atoms with van der Waals surface area (Å²) in [5.74, 6) is -0.668. The Morgan fingerprint density at radius 3 is 2.67 bits per heavy atom. The van der Waals surface area contributed by atoms with Crippen molar-refractivity contribution in [2.75, 3.05) is 19.8 Å². The molecule has 208 valence electrons. The Morgan fingerprint density at radius 2 is 2.03 bits per heavy atom. The van der Waals surface area contributed by atoms with Crippen molar-refractivity contribution in [3.05, 3.63) is 82.1 Å². The van der Waals surface area contributed by atoms with Crippen molar-refractivity contribution < 1.29 is 19.5 Å². The third-order valence-corrected chi connectivity index (χ3v) is 7.63. The van der Waals surface area contributed by atoms with E-state index in [1.165, 1.54) is 4.90 Å². The van der Waals surface area contributed by atoms with Crippen molar-refractivity contribution in [2.24, 2.45) is 5.92 Å². The summed E-state index contributed by atoms with van der Waals surface area (Å²) in [6.07, 6.45) is 14.6. The third kappa shape index (κ3) is 6.74. The van der Waals surface area contributed by atoms with E-state index < -0.39 is 11.6 Å². The SMILES string of the molecule is C=C(Cl)/C=C(\C=C/COCCCN1C(=O)N(C2C=CC(C#N)=C(Cl)[C@H]2C)C(=O)C1(C)C)C1=CC(C)N(O)C=C1. The first-order chi connectivity index (χ1) is 18.4. The van der Waals surface area contributed by atoms with Crippen LogP contribution in [0.1, 0.15) is 34.1 Å². The number of hydroxylamine groups is 2. The molecule has 1 saturated heterocycles. The lowest BCUT2D eigenvalue weighted by atomic mass is 9.91. The van der Waals surface area contributed by atoms with Gasteiger partial charge in [0.2, 0.25) is 0 Å². The largest absolute Gasteiger partial charge is 0.377 e. The van der Waals surface area contributed by atoms with E-state index in [1.54, 1.807) is 56.2 Å². The third-order valence-electron chi connectivity index (χ3n) is 6.97. The number of ether oxygens (including phenoxy) is 1. The summed E-state index contributed by atoms with van der Waals surface area (Å²) in [6.45, 7) is 11.9. The van der Waals surface area contributed by atoms with Gasteiger partial charge in [-0.25, -0.2) is 4.79 Å². The Morgan fingerprint density at radius 1 is 1.31 bits per heavy atom. The Hall–Kier alpha value is -3.09. The first-order valence-electron chi connectivity index (χ1n) is 12.7. The van der Waals surface area contributed by atoms with E-state index in [0.29, 0.717) is 41.8 Å². The molecule has 10 heteroatoms. The number of imide groups is 1. The molecule has 0 aromatic rings. The molecule has 3 rings (SSSR count). The van der Waals surface area contributed by atoms with Gasteiger partial charge in [-0.3, -0.25) is 20.0 Å². The van der Waals surface area contributed by atoms with Crippen LogP contribution < -0.4 is 0 Å². The van der Waals surface area contributed by atoms with Gasteiger partial charge in [-0.1, -0.05) is 61.0 Å². The van der Waals surface area contributed by atoms with Gasteiger partial charge in [0.1, 0.15) is 11.6 Å². The summed E-state index contributed by atoms with van der Waals surface area (Å²) in [6, 6.07) is 0.932. The number of amides is 3. The van der Waals surface area contributed by atoms with Crippen LogP contribution in [0.3, 0.4) is 0 Å². The highest BCUT2D eigenvalue weighted by molar-refractivity contribution is 6.31. The molecular weight excluding hydrogens is 539 g/mol. The van der Waals surface area contributed by atoms with Crippen LogP contribution in [0.15, 0.2) is 82.1 Å². The van der Waals surface area contributed by atoms with Crippen molar-refractivity contribution in [3.8, 4) is 6.07 Å². The van der Waals surface area contributed by atoms with E-state index >= 15 is 0 Å². The molecular formula is C29H34Cl2N4O4. The number of carbonyl (C=O) groups excluding carboxylic acids is 2. The molecule has 0 saturated carbocycles. The van der Waals surface area contributed by atoms with Gasteiger partial charge in [0.05, 0.1) is 24.3 Å². The molecule has 2 heterocycles. The van der Waals surface area contributed by atoms with Crippen LogP contribution in [0, 0.1) is 17.2 Å². The number of nitriles is 1. The average Bonchev–Trinajstić information content (AvgIpc) is 3.04. The van der Waals surface area contributed by atoms with Gasteiger partial charge < -0.3 is 9.64 Å². The average molecular weight is 574 g/mol. The van der Waals surface area contributed by atoms with Crippen molar-refractivity contribution in [2.45, 2.75) is 51.7 Å². The maximum Gasteiger partial charge on any atom is 0.328 e. The number of halogens is 2. The molecule has 2 unspecified atom stereocenters. The Labute approximate surface area is 240 Å². The highest BCUT2D eigenvalue weighted by Gasteiger charge is 2.54. The molecule has 0 spiro atoms. The molecule has 3 atom stereocenters. The smallest absolute Gasteiger partial charge is 0.328 e. The van der Waals surface area contributed by atoms with E-state index in [9.17, 15) is 20.1 Å². The molecule has 8 nitrogen and oxygen atoms in total. The molecule has 3 amide bonds. The molecule has 2 aliphatic heterocycles. The fourth-order valence-electron chi connectivity index (χ4n) is 4.67. The highest BCUT2D eigenvalue weighted by Crippen LogP contribution is 2.37. The molecule has 1 N–H and O–H groups in total. The minimum Gasteiger partial charge on any atom is -0.377 e. The van der Waals surface area contributed by atoms with Gasteiger partial charge in [0, 0.05) is 35.3 Å². The second kappa shape index (κ2) is 12.8. The number of rotatable bonds is 10. The van der Waals surface area contributed by atoms with Gasteiger partial charge in [0.15, 0.2) is 0 Å². The lowest BCUT2D eigenvalue weighted by Gasteiger charge is -2.31. The van der Waals surface area contributed by atoms with E-state index in [1.807, 2.05) is 31.2 Å². The second-order valence-electron chi connectivity index (χ2n) is 10.1. The monoisotopic (exact) mass is 572 g/mol. The van der Waals surface area contributed by atoms with Crippen LogP contribution in [0.25, 0.3) is 0 Å². The minimum atomic E-state index is -1.01. The second-order valence-corrected chi connectivity index (χ2v) is 11.0. The molecule has 0 aromatic heterocycles. The summed E-state index contributed by atoms with van der Waals surface area (Å²) in [5, 5.41) is 20.8. The predicted molar refractivity (Wildman–Crippen MR) is 152 cm³/mol. The Kier molecular flexibility index (Phi) is 10.0. The summed E-state index contributed by atoms with van der Waals surface area (Å²) in [7, 11) is 0. The first-order valence-corrected chi connectivity index (χ1v) is 13.5. The van der Waals surface area contributed by atoms with E-state index in [0.717, 1.165) is 16.2 Å². The summed E-state index contributed by atoms with van der Waals surface area (Å²) >= 11 is 12.3. The molecule has 3 aliphatic rings. The fraction of sp³-hybridized carbons (Fsp3) is 0.414. The van der Waals surface area contributed by atoms with Gasteiger partial charge in [-0.05, 0) is 56.6 Å². The van der Waals surface area contributed by atoms with Gasteiger partial charge in [0.25, 0.3) is 5.91 Å². The van der Waals surface area contributed by atoms with E-state index in [4.69, 9.17) is 27.9 Å². The molecule has 1 fully saturated rings. The van der Waals surface area contributed by atoms with E-state index in [2.05, 4.69) is 6.58 Å². The number of nitrogens with zero attached hydrogens (tertiary/aromatic N) is 4. The topological polar surface area (TPSA) is 97.1 Å². The maximum atomic E-state index is 13.3. The number of carbonyl (C=O) groups is 2. The standard InChI is InChI=1S/C29H34Cl2N4O4/c1-19(30)16-22(23-11-13-34(38)20(2)17-23)8-6-14-39-15-7-12-33-28(37)35(27(36)29(33,4)5)25-10-9-24(18-32)26(31)21(25)3/h6,8-11,13,16-17,20-21,25,38H,1,7,12,14-15H2,2-5H3/b8-6-,22-16+/t20?,21-,25?/m0/s1. The van der Waals surface area contributed by atoms with Crippen LogP contribution >= 0.6 is 23.2 Å². The van der Waals surface area contributed by atoms with Gasteiger partial charge in [-0.2, -0.15) is 5.26 Å². The van der Waals surface area contributed by atoms with Crippen molar-refractivity contribution in [1.82, 2.24) is 14.9 Å². The maximum absolute atomic E-state index is 13.3. The number of allylic oxidation sites excluding steroid dienone is 8. The lowest BCUT2D eigenvalue weighted by Crippen LogP contribution is -2.46. The summed E-state index contributed by atoms with van der Waals surface area (Å²) < 4.78 is 5.75. The van der Waals surface area contributed by atoms with Crippen molar-refractivity contribution >= 4 is 35.1 Å². The van der Waals surface area contributed by atoms with E-state index in [-0.39, 0.29) is 23.9 Å². The highest BCUT2D eigenvalue weighted by atomic mass is 35.5. The summed E-state index contributed by atoms with van der Waals surface area (Å²) in [5.41, 5.74) is 1.07. The minimum absolute atomic E-state index is 0.178. The predicted octanol–water partition coefficient (Wildman–Crippen LogP) is 5.80. The molecule has 39 heavy (non-hydrogen) atoms. The molecule has 0 aromatic carbocycles. The number of urea groups is 1. The van der Waals surface area contributed by atoms with Crippen LogP contribution in [-0.2, 0) is 9.53 Å². The van der Waals surface area contributed by atoms with Crippen LogP contribution in [0.2, 0.25) is 0 Å².